The summed E-state index contributed by atoms with van der Waals surface area (Å²) in [4.78, 5) is 30.5. The third kappa shape index (κ3) is 6.43. The molecule has 0 saturated heterocycles. The lowest BCUT2D eigenvalue weighted by Gasteiger charge is -2.16. The summed E-state index contributed by atoms with van der Waals surface area (Å²) >= 11 is 0. The minimum absolute atomic E-state index is 0.284. The number of rotatable bonds is 12. The Balaban J connectivity index is 1.26. The predicted molar refractivity (Wildman–Crippen MR) is 160 cm³/mol. The van der Waals surface area contributed by atoms with E-state index in [4.69, 9.17) is 14.2 Å². The Hall–Kier alpha value is -4.59. The highest BCUT2D eigenvalue weighted by atomic mass is 16.5. The minimum atomic E-state index is -1.05. The van der Waals surface area contributed by atoms with E-state index in [1.807, 2.05) is 43.3 Å². The maximum atomic E-state index is 13.1. The molecular weight excluding hydrogens is 518 g/mol. The van der Waals surface area contributed by atoms with Crippen molar-refractivity contribution < 1.29 is 23.8 Å². The standard InChI is InChI=1S/C33H35N3O5/c1-4-5-6-19-40-30-20-26-27(21-29(30)39-3)34-18-15-28(26)41-25-13-11-24(12-14-25)36-32(38)33(16-17-33)31(37)35-23-9-7-22(2)8-10-23/h7-15,18,20-21H,4-6,16-17,19H2,1-3H3,(H,35,37)(H,36,38). The van der Waals surface area contributed by atoms with E-state index in [-0.39, 0.29) is 11.8 Å². The van der Waals surface area contributed by atoms with Gasteiger partial charge in [0.2, 0.25) is 11.8 Å². The molecule has 1 heterocycles. The highest BCUT2D eigenvalue weighted by Crippen LogP contribution is 2.47. The van der Waals surface area contributed by atoms with Crippen LogP contribution in [0.15, 0.2) is 72.9 Å². The number of nitrogens with one attached hydrogen (secondary N) is 2. The van der Waals surface area contributed by atoms with Crippen molar-refractivity contribution >= 4 is 34.1 Å². The largest absolute Gasteiger partial charge is 0.493 e. The van der Waals surface area contributed by atoms with Gasteiger partial charge in [0.1, 0.15) is 16.9 Å². The fourth-order valence-electron chi connectivity index (χ4n) is 4.58. The summed E-state index contributed by atoms with van der Waals surface area (Å²) in [5, 5.41) is 6.57. The quantitative estimate of drug-likeness (QED) is 0.141. The molecule has 1 fully saturated rings. The first-order valence-corrected chi connectivity index (χ1v) is 14.0. The summed E-state index contributed by atoms with van der Waals surface area (Å²) in [6.07, 6.45) is 5.90. The van der Waals surface area contributed by atoms with Crippen LogP contribution in [0.25, 0.3) is 10.9 Å². The SMILES string of the molecule is CCCCCOc1cc2c(Oc3ccc(NC(=O)C4(C(=O)Nc5ccc(C)cc5)CC4)cc3)ccnc2cc1OC. The van der Waals surface area contributed by atoms with Crippen molar-refractivity contribution in [3.63, 3.8) is 0 Å². The van der Waals surface area contributed by atoms with Gasteiger partial charge in [-0.3, -0.25) is 14.6 Å². The molecule has 2 N–H and O–H groups in total. The van der Waals surface area contributed by atoms with Gasteiger partial charge in [-0.25, -0.2) is 0 Å². The molecule has 2 amide bonds. The maximum absolute atomic E-state index is 13.1. The number of carbonyl (C=O) groups excluding carboxylic acids is 2. The molecule has 8 heteroatoms. The van der Waals surface area contributed by atoms with Crippen molar-refractivity contribution in [3.05, 3.63) is 78.5 Å². The Kier molecular flexibility index (Phi) is 8.38. The van der Waals surface area contributed by atoms with Crippen LogP contribution in [0.5, 0.6) is 23.0 Å². The molecule has 0 bridgehead atoms. The van der Waals surface area contributed by atoms with E-state index in [2.05, 4.69) is 22.5 Å². The first-order chi connectivity index (χ1) is 19.9. The van der Waals surface area contributed by atoms with Crippen molar-refractivity contribution in [2.45, 2.75) is 46.0 Å². The molecule has 0 atom stereocenters. The van der Waals surface area contributed by atoms with E-state index in [1.165, 1.54) is 0 Å². The summed E-state index contributed by atoms with van der Waals surface area (Å²) in [6, 6.07) is 20.1. The highest BCUT2D eigenvalue weighted by Gasteiger charge is 2.56. The molecule has 4 aromatic rings. The summed E-state index contributed by atoms with van der Waals surface area (Å²) in [5.74, 6) is 1.89. The number of pyridine rings is 1. The molecule has 8 nitrogen and oxygen atoms in total. The monoisotopic (exact) mass is 553 g/mol. The number of hydrogen-bond acceptors (Lipinski definition) is 6. The topological polar surface area (TPSA) is 98.8 Å². The number of nitrogens with zero attached hydrogens (tertiary/aromatic N) is 1. The molecular formula is C33H35N3O5. The number of amides is 2. The average Bonchev–Trinajstić information content (AvgIpc) is 3.80. The molecule has 0 radical (unpaired) electrons. The third-order valence-electron chi connectivity index (χ3n) is 7.26. The van der Waals surface area contributed by atoms with Crippen LogP contribution < -0.4 is 24.8 Å². The zero-order valence-electron chi connectivity index (χ0n) is 23.7. The van der Waals surface area contributed by atoms with Gasteiger partial charge in [-0.05, 0) is 74.7 Å². The molecule has 1 aliphatic carbocycles. The second-order valence-corrected chi connectivity index (χ2v) is 10.4. The molecule has 1 saturated carbocycles. The Morgan fingerprint density at radius 1 is 0.854 bits per heavy atom. The van der Waals surface area contributed by atoms with Crippen LogP contribution in [-0.4, -0.2) is 30.5 Å². The molecule has 212 valence electrons. The van der Waals surface area contributed by atoms with E-state index >= 15 is 0 Å². The molecule has 1 aliphatic rings. The highest BCUT2D eigenvalue weighted by molar-refractivity contribution is 6.16. The van der Waals surface area contributed by atoms with Gasteiger partial charge >= 0.3 is 0 Å². The van der Waals surface area contributed by atoms with Gasteiger partial charge in [0.15, 0.2) is 11.5 Å². The smallest absolute Gasteiger partial charge is 0.240 e. The molecule has 3 aromatic carbocycles. The zero-order valence-corrected chi connectivity index (χ0v) is 23.7. The van der Waals surface area contributed by atoms with Crippen LogP contribution in [0.4, 0.5) is 11.4 Å². The van der Waals surface area contributed by atoms with Crippen LogP contribution in [-0.2, 0) is 9.59 Å². The van der Waals surface area contributed by atoms with E-state index in [9.17, 15) is 9.59 Å². The van der Waals surface area contributed by atoms with Crippen molar-refractivity contribution in [3.8, 4) is 23.0 Å². The van der Waals surface area contributed by atoms with Gasteiger partial charge in [0.05, 0.1) is 19.2 Å². The van der Waals surface area contributed by atoms with E-state index in [0.29, 0.717) is 53.8 Å². The molecule has 5 rings (SSSR count). The number of unbranched alkanes of at least 4 members (excludes halogenated alkanes) is 2. The summed E-state index contributed by atoms with van der Waals surface area (Å²) in [7, 11) is 1.61. The Morgan fingerprint density at radius 3 is 2.12 bits per heavy atom. The zero-order chi connectivity index (χ0) is 28.8. The van der Waals surface area contributed by atoms with Crippen LogP contribution >= 0.6 is 0 Å². The summed E-state index contributed by atoms with van der Waals surface area (Å²) < 4.78 is 17.7. The van der Waals surface area contributed by atoms with Crippen LogP contribution in [0.2, 0.25) is 0 Å². The van der Waals surface area contributed by atoms with Crippen molar-refractivity contribution in [2.75, 3.05) is 24.4 Å². The molecule has 1 aromatic heterocycles. The van der Waals surface area contributed by atoms with E-state index in [1.54, 1.807) is 43.6 Å². The van der Waals surface area contributed by atoms with Crippen molar-refractivity contribution in [1.82, 2.24) is 4.98 Å². The molecule has 41 heavy (non-hydrogen) atoms. The normalized spacial score (nSPS) is 13.3. The lowest BCUT2D eigenvalue weighted by Crippen LogP contribution is -2.35. The van der Waals surface area contributed by atoms with Gasteiger partial charge in [-0.2, -0.15) is 0 Å². The Labute approximate surface area is 240 Å². The lowest BCUT2D eigenvalue weighted by molar-refractivity contribution is -0.131. The number of carbonyl (C=O) groups is 2. The lowest BCUT2D eigenvalue weighted by atomic mass is 10.0. The van der Waals surface area contributed by atoms with Crippen LogP contribution in [0.1, 0.15) is 44.6 Å². The summed E-state index contributed by atoms with van der Waals surface area (Å²) in [6.45, 7) is 4.74. The molecule has 0 aliphatic heterocycles. The fraction of sp³-hybridized carbons (Fsp3) is 0.303. The molecule has 0 spiro atoms. The van der Waals surface area contributed by atoms with Gasteiger partial charge in [-0.15, -0.1) is 0 Å². The number of aromatic nitrogens is 1. The van der Waals surface area contributed by atoms with E-state index < -0.39 is 5.41 Å². The second kappa shape index (κ2) is 12.3. The van der Waals surface area contributed by atoms with Gasteiger partial charge in [0, 0.05) is 29.0 Å². The van der Waals surface area contributed by atoms with E-state index in [0.717, 1.165) is 35.7 Å². The number of ether oxygens (including phenoxy) is 3. The minimum Gasteiger partial charge on any atom is -0.493 e. The predicted octanol–water partition coefficient (Wildman–Crippen LogP) is 7.27. The second-order valence-electron chi connectivity index (χ2n) is 10.4. The maximum Gasteiger partial charge on any atom is 0.240 e. The number of methoxy groups -OCH3 is 1. The first kappa shape index (κ1) is 28.0. The Morgan fingerprint density at radius 2 is 1.51 bits per heavy atom. The number of hydrogen-bond donors (Lipinski definition) is 2. The number of aryl methyl sites for hydroxylation is 1. The average molecular weight is 554 g/mol. The fourth-order valence-corrected chi connectivity index (χ4v) is 4.58. The third-order valence-corrected chi connectivity index (χ3v) is 7.26. The van der Waals surface area contributed by atoms with Crippen molar-refractivity contribution in [1.29, 1.82) is 0 Å². The Bertz CT molecular complexity index is 1530. The number of benzene rings is 3. The summed E-state index contributed by atoms with van der Waals surface area (Å²) in [5.41, 5.74) is 2.04. The van der Waals surface area contributed by atoms with Gasteiger partial charge in [-0.1, -0.05) is 37.5 Å². The molecule has 0 unspecified atom stereocenters. The van der Waals surface area contributed by atoms with Crippen molar-refractivity contribution in [2.24, 2.45) is 5.41 Å². The van der Waals surface area contributed by atoms with Gasteiger partial charge < -0.3 is 24.8 Å². The van der Waals surface area contributed by atoms with Crippen LogP contribution in [0, 0.1) is 12.3 Å². The first-order valence-electron chi connectivity index (χ1n) is 14.0. The number of anilines is 2. The van der Waals surface area contributed by atoms with Gasteiger partial charge in [0.25, 0.3) is 0 Å². The number of fused-ring (bicyclic) bond motifs is 1. The van der Waals surface area contributed by atoms with Crippen LogP contribution in [0.3, 0.4) is 0 Å².